The van der Waals surface area contributed by atoms with E-state index in [0.29, 0.717) is 10.8 Å². The van der Waals surface area contributed by atoms with E-state index in [2.05, 4.69) is 16.0 Å². The highest BCUT2D eigenvalue weighted by molar-refractivity contribution is 5.75. The van der Waals surface area contributed by atoms with E-state index in [1.165, 1.54) is 7.05 Å². The van der Waals surface area contributed by atoms with Gasteiger partial charge in [-0.2, -0.15) is 0 Å². The lowest BCUT2D eigenvalue weighted by Crippen LogP contribution is -2.37. The number of hydrazine groups is 1. The molecule has 6 nitrogen and oxygen atoms in total. The molecule has 1 aromatic carbocycles. The second kappa shape index (κ2) is 4.94. The summed E-state index contributed by atoms with van der Waals surface area (Å²) in [6.07, 6.45) is 0. The number of nitrogens with one attached hydrogen (secondary N) is 2. The van der Waals surface area contributed by atoms with Crippen LogP contribution in [-0.2, 0) is 0 Å². The van der Waals surface area contributed by atoms with Crippen LogP contribution in [-0.4, -0.2) is 18.2 Å². The van der Waals surface area contributed by atoms with Gasteiger partial charge in [0.25, 0.3) is 0 Å². The number of amides is 2. The van der Waals surface area contributed by atoms with E-state index in [4.69, 9.17) is 0 Å². The molecule has 0 aromatic heterocycles. The molecule has 80 valence electrons. The van der Waals surface area contributed by atoms with Gasteiger partial charge in [0.2, 0.25) is 0 Å². The maximum atomic E-state index is 11.1. The van der Waals surface area contributed by atoms with E-state index in [1.54, 1.807) is 12.1 Å². The maximum absolute atomic E-state index is 11.1. The van der Waals surface area contributed by atoms with E-state index in [9.17, 15) is 9.70 Å². The Morgan fingerprint density at radius 2 is 2.20 bits per heavy atom. The van der Waals surface area contributed by atoms with Crippen LogP contribution in [0.15, 0.2) is 29.6 Å². The number of aryl methyl sites for hydroxylation is 1. The SMILES string of the molecule is CNC(=O)N(N=O)Nc1cccc(C)c1. The first kappa shape index (κ1) is 11.0. The minimum Gasteiger partial charge on any atom is -0.338 e. The van der Waals surface area contributed by atoms with E-state index in [0.717, 1.165) is 5.56 Å². The van der Waals surface area contributed by atoms with Crippen molar-refractivity contribution in [1.29, 1.82) is 0 Å². The molecule has 0 unspecified atom stereocenters. The van der Waals surface area contributed by atoms with Gasteiger partial charge in [-0.05, 0) is 24.6 Å². The molecule has 0 spiro atoms. The van der Waals surface area contributed by atoms with Gasteiger partial charge in [-0.25, -0.2) is 4.79 Å². The first-order valence-corrected chi connectivity index (χ1v) is 4.36. The maximum Gasteiger partial charge on any atom is 0.360 e. The Kier molecular flexibility index (Phi) is 3.61. The number of nitroso groups, excluding NO2 is 1. The van der Waals surface area contributed by atoms with Crippen LogP contribution in [0, 0.1) is 11.8 Å². The molecule has 0 aliphatic rings. The summed E-state index contributed by atoms with van der Waals surface area (Å²) in [5.74, 6) is 0. The van der Waals surface area contributed by atoms with Crippen molar-refractivity contribution in [3.8, 4) is 0 Å². The van der Waals surface area contributed by atoms with Crippen molar-refractivity contribution < 1.29 is 4.79 Å². The van der Waals surface area contributed by atoms with E-state index in [-0.39, 0.29) is 0 Å². The molecule has 0 saturated carbocycles. The minimum atomic E-state index is -0.619. The van der Waals surface area contributed by atoms with Crippen molar-refractivity contribution >= 4 is 11.7 Å². The molecule has 0 atom stereocenters. The highest BCUT2D eigenvalue weighted by atomic mass is 16.3. The fraction of sp³-hybridized carbons (Fsp3) is 0.222. The van der Waals surface area contributed by atoms with Crippen LogP contribution in [0.5, 0.6) is 0 Å². The highest BCUT2D eigenvalue weighted by Gasteiger charge is 2.11. The zero-order valence-corrected chi connectivity index (χ0v) is 8.52. The molecule has 15 heavy (non-hydrogen) atoms. The predicted molar refractivity (Wildman–Crippen MR) is 56.9 cm³/mol. The summed E-state index contributed by atoms with van der Waals surface area (Å²) in [5.41, 5.74) is 4.20. The van der Waals surface area contributed by atoms with Crippen LogP contribution in [0.25, 0.3) is 0 Å². The standard InChI is InChI=1S/C9H12N4O2/c1-7-4-3-5-8(6-7)11-13(12-15)9(14)10-2/h3-6,11H,1-2H3,(H,10,14). The highest BCUT2D eigenvalue weighted by Crippen LogP contribution is 2.10. The van der Waals surface area contributed by atoms with Gasteiger partial charge in [-0.15, -0.1) is 4.91 Å². The van der Waals surface area contributed by atoms with Crippen LogP contribution < -0.4 is 10.7 Å². The van der Waals surface area contributed by atoms with Gasteiger partial charge >= 0.3 is 6.03 Å². The summed E-state index contributed by atoms with van der Waals surface area (Å²) in [6, 6.07) is 6.62. The second-order valence-electron chi connectivity index (χ2n) is 2.93. The molecule has 0 aliphatic carbocycles. The normalized spacial score (nSPS) is 9.20. The number of hydrogen-bond acceptors (Lipinski definition) is 4. The molecule has 0 heterocycles. The average Bonchev–Trinajstić information content (AvgIpc) is 2.25. The number of benzene rings is 1. The van der Waals surface area contributed by atoms with Crippen LogP contribution in [0.2, 0.25) is 0 Å². The van der Waals surface area contributed by atoms with Crippen LogP contribution >= 0.6 is 0 Å². The predicted octanol–water partition coefficient (Wildman–Crippen LogP) is 1.64. The van der Waals surface area contributed by atoms with Gasteiger partial charge in [-0.3, -0.25) is 5.43 Å². The number of carbonyl (C=O) groups excluding carboxylic acids is 1. The third-order valence-corrected chi connectivity index (χ3v) is 1.74. The van der Waals surface area contributed by atoms with Crippen LogP contribution in [0.4, 0.5) is 10.5 Å². The Bertz CT molecular complexity index is 367. The average molecular weight is 208 g/mol. The zero-order chi connectivity index (χ0) is 11.3. The third-order valence-electron chi connectivity index (χ3n) is 1.74. The Morgan fingerprint density at radius 3 is 2.73 bits per heavy atom. The van der Waals surface area contributed by atoms with Gasteiger partial charge in [0, 0.05) is 7.05 Å². The van der Waals surface area contributed by atoms with Crippen molar-refractivity contribution in [3.63, 3.8) is 0 Å². The van der Waals surface area contributed by atoms with Gasteiger partial charge in [0.15, 0.2) is 0 Å². The van der Waals surface area contributed by atoms with Gasteiger partial charge in [0.1, 0.15) is 0 Å². The summed E-state index contributed by atoms with van der Waals surface area (Å²) in [6.45, 7) is 1.91. The number of carbonyl (C=O) groups is 1. The summed E-state index contributed by atoms with van der Waals surface area (Å²) in [7, 11) is 1.42. The topological polar surface area (TPSA) is 73.8 Å². The van der Waals surface area contributed by atoms with Crippen molar-refractivity contribution in [2.45, 2.75) is 6.92 Å². The molecule has 0 aliphatic heterocycles. The second-order valence-corrected chi connectivity index (χ2v) is 2.93. The van der Waals surface area contributed by atoms with Gasteiger partial charge in [0.05, 0.1) is 11.0 Å². The van der Waals surface area contributed by atoms with E-state index >= 15 is 0 Å². The molecule has 0 saturated heterocycles. The first-order chi connectivity index (χ1) is 7.17. The third kappa shape index (κ3) is 2.94. The molecule has 0 fully saturated rings. The smallest absolute Gasteiger partial charge is 0.338 e. The number of urea groups is 1. The molecular weight excluding hydrogens is 196 g/mol. The van der Waals surface area contributed by atoms with Crippen molar-refractivity contribution in [3.05, 3.63) is 34.7 Å². The fourth-order valence-corrected chi connectivity index (χ4v) is 1.05. The lowest BCUT2D eigenvalue weighted by atomic mass is 10.2. The zero-order valence-electron chi connectivity index (χ0n) is 8.52. The molecule has 1 rings (SSSR count). The molecule has 2 N–H and O–H groups in total. The Labute approximate surface area is 87.2 Å². The lowest BCUT2D eigenvalue weighted by molar-refractivity contribution is 0.212. The quantitative estimate of drug-likeness (QED) is 0.585. The largest absolute Gasteiger partial charge is 0.360 e. The van der Waals surface area contributed by atoms with Gasteiger partial charge < -0.3 is 5.32 Å². The number of anilines is 1. The summed E-state index contributed by atoms with van der Waals surface area (Å²) < 4.78 is 0. The number of hydrogen-bond donors (Lipinski definition) is 2. The summed E-state index contributed by atoms with van der Waals surface area (Å²) in [4.78, 5) is 21.4. The van der Waals surface area contributed by atoms with Crippen molar-refractivity contribution in [2.24, 2.45) is 5.29 Å². The Morgan fingerprint density at radius 1 is 1.47 bits per heavy atom. The Balaban J connectivity index is 2.75. The van der Waals surface area contributed by atoms with Crippen LogP contribution in [0.1, 0.15) is 5.56 Å². The lowest BCUT2D eigenvalue weighted by Gasteiger charge is -2.14. The summed E-state index contributed by atoms with van der Waals surface area (Å²) in [5, 5.41) is 5.42. The Hall–Kier alpha value is -2.11. The summed E-state index contributed by atoms with van der Waals surface area (Å²) >= 11 is 0. The first-order valence-electron chi connectivity index (χ1n) is 4.36. The van der Waals surface area contributed by atoms with Crippen molar-refractivity contribution in [2.75, 3.05) is 12.5 Å². The van der Waals surface area contributed by atoms with Crippen molar-refractivity contribution in [1.82, 2.24) is 10.4 Å². The van der Waals surface area contributed by atoms with E-state index in [1.807, 2.05) is 19.1 Å². The van der Waals surface area contributed by atoms with Crippen LogP contribution in [0.3, 0.4) is 0 Å². The molecule has 0 bridgehead atoms. The molecule has 6 heteroatoms. The van der Waals surface area contributed by atoms with Gasteiger partial charge in [-0.1, -0.05) is 17.3 Å². The molecule has 1 aromatic rings. The number of nitrogens with zero attached hydrogens (tertiary/aromatic N) is 2. The molecular formula is C9H12N4O2. The monoisotopic (exact) mass is 208 g/mol. The molecule has 2 amide bonds. The minimum absolute atomic E-state index is 0.592. The fourth-order valence-electron chi connectivity index (χ4n) is 1.05. The van der Waals surface area contributed by atoms with E-state index < -0.39 is 6.03 Å². The molecule has 0 radical (unpaired) electrons. The number of rotatable bonds is 3.